The van der Waals surface area contributed by atoms with E-state index in [0.717, 1.165) is 16.9 Å². The highest BCUT2D eigenvalue weighted by molar-refractivity contribution is 5.31. The molecule has 0 radical (unpaired) electrons. The van der Waals surface area contributed by atoms with Gasteiger partial charge in [-0.3, -0.25) is 0 Å². The summed E-state index contributed by atoms with van der Waals surface area (Å²) in [5.74, 6) is 0.866. The van der Waals surface area contributed by atoms with Crippen LogP contribution < -0.4 is 4.74 Å². The Hall–Kier alpha value is -1.76. The molecular weight excluding hydrogens is 196 g/mol. The van der Waals surface area contributed by atoms with Crippen molar-refractivity contribution in [3.05, 3.63) is 66.0 Å². The molecule has 0 bridgehead atoms. The molecule has 0 saturated heterocycles. The van der Waals surface area contributed by atoms with Crippen molar-refractivity contribution in [2.24, 2.45) is 0 Å². The van der Waals surface area contributed by atoms with Crippen LogP contribution in [0.2, 0.25) is 0 Å². The van der Waals surface area contributed by atoms with Gasteiger partial charge in [-0.05, 0) is 49.6 Å². The van der Waals surface area contributed by atoms with Gasteiger partial charge in [0.25, 0.3) is 0 Å². The van der Waals surface area contributed by atoms with Crippen molar-refractivity contribution in [1.82, 2.24) is 0 Å². The molecule has 0 N–H and O–H groups in total. The second kappa shape index (κ2) is 5.96. The van der Waals surface area contributed by atoms with E-state index in [1.807, 2.05) is 51.1 Å². The Morgan fingerprint density at radius 2 is 2.00 bits per heavy atom. The van der Waals surface area contributed by atoms with Crippen molar-refractivity contribution in [1.29, 1.82) is 0 Å². The molecule has 0 amide bonds. The summed E-state index contributed by atoms with van der Waals surface area (Å²) in [5, 5.41) is 0. The van der Waals surface area contributed by atoms with Gasteiger partial charge >= 0.3 is 0 Å². The Morgan fingerprint density at radius 3 is 2.62 bits per heavy atom. The summed E-state index contributed by atoms with van der Waals surface area (Å²) >= 11 is 0. The first-order chi connectivity index (χ1) is 7.63. The maximum absolute atomic E-state index is 5.58. The standard InChI is InChI=1S/C15H18O/c1-5-7-13(3)14(4)11-16-15-9-6-8-12(2)10-15/h5-11H,1H2,2-4H3/b13-7-,14-11-. The molecule has 0 aromatic heterocycles. The van der Waals surface area contributed by atoms with Crippen molar-refractivity contribution < 1.29 is 4.74 Å². The summed E-state index contributed by atoms with van der Waals surface area (Å²) in [6.07, 6.45) is 5.51. The molecule has 0 fully saturated rings. The Morgan fingerprint density at radius 1 is 1.25 bits per heavy atom. The minimum absolute atomic E-state index is 0.866. The zero-order chi connectivity index (χ0) is 12.0. The molecule has 0 saturated carbocycles. The van der Waals surface area contributed by atoms with Gasteiger partial charge in [0.1, 0.15) is 5.75 Å². The SMILES string of the molecule is C=C/C=C(C)\C(C)=C/Oc1cccc(C)c1. The minimum Gasteiger partial charge on any atom is -0.465 e. The Bertz CT molecular complexity index is 425. The van der Waals surface area contributed by atoms with Crippen molar-refractivity contribution in [2.45, 2.75) is 20.8 Å². The van der Waals surface area contributed by atoms with Gasteiger partial charge in [-0.25, -0.2) is 0 Å². The number of rotatable bonds is 4. The first-order valence-electron chi connectivity index (χ1n) is 5.33. The van der Waals surface area contributed by atoms with Crippen LogP contribution in [-0.4, -0.2) is 0 Å². The maximum Gasteiger partial charge on any atom is 0.126 e. The van der Waals surface area contributed by atoms with Gasteiger partial charge in [-0.2, -0.15) is 0 Å². The summed E-state index contributed by atoms with van der Waals surface area (Å²) in [6.45, 7) is 9.77. The molecule has 1 aromatic carbocycles. The third-order valence-electron chi connectivity index (χ3n) is 2.35. The molecule has 0 heterocycles. The van der Waals surface area contributed by atoms with Crippen molar-refractivity contribution in [3.63, 3.8) is 0 Å². The van der Waals surface area contributed by atoms with Crippen LogP contribution in [0.4, 0.5) is 0 Å². The van der Waals surface area contributed by atoms with Gasteiger partial charge in [0.2, 0.25) is 0 Å². The van der Waals surface area contributed by atoms with E-state index >= 15 is 0 Å². The van der Waals surface area contributed by atoms with Crippen molar-refractivity contribution in [3.8, 4) is 5.75 Å². The van der Waals surface area contributed by atoms with Gasteiger partial charge in [0.15, 0.2) is 0 Å². The molecule has 0 aliphatic rings. The summed E-state index contributed by atoms with van der Waals surface area (Å²) in [6, 6.07) is 7.99. The topological polar surface area (TPSA) is 9.23 Å². The molecule has 1 rings (SSSR count). The fraction of sp³-hybridized carbons (Fsp3) is 0.200. The Labute approximate surface area is 97.8 Å². The van der Waals surface area contributed by atoms with Crippen molar-refractivity contribution in [2.75, 3.05) is 0 Å². The number of benzene rings is 1. The molecule has 1 heteroatoms. The molecule has 0 spiro atoms. The molecule has 1 nitrogen and oxygen atoms in total. The maximum atomic E-state index is 5.58. The van der Waals surface area contributed by atoms with Gasteiger partial charge in [0.05, 0.1) is 6.26 Å². The molecule has 1 aromatic rings. The molecular formula is C15H18O. The number of hydrogen-bond donors (Lipinski definition) is 0. The average Bonchev–Trinajstić information content (AvgIpc) is 2.26. The van der Waals surface area contributed by atoms with Crippen LogP contribution >= 0.6 is 0 Å². The quantitative estimate of drug-likeness (QED) is 0.533. The van der Waals surface area contributed by atoms with Crippen LogP contribution in [0.1, 0.15) is 19.4 Å². The normalized spacial score (nSPS) is 12.4. The van der Waals surface area contributed by atoms with Crippen molar-refractivity contribution >= 4 is 0 Å². The number of aryl methyl sites for hydroxylation is 1. The zero-order valence-corrected chi connectivity index (χ0v) is 10.2. The van der Waals surface area contributed by atoms with Crippen LogP contribution in [0.3, 0.4) is 0 Å². The van der Waals surface area contributed by atoms with E-state index < -0.39 is 0 Å². The number of ether oxygens (including phenoxy) is 1. The lowest BCUT2D eigenvalue weighted by Crippen LogP contribution is -1.87. The Balaban J connectivity index is 2.73. The molecule has 16 heavy (non-hydrogen) atoms. The van der Waals surface area contributed by atoms with E-state index in [9.17, 15) is 0 Å². The summed E-state index contributed by atoms with van der Waals surface area (Å²) in [7, 11) is 0. The third-order valence-corrected chi connectivity index (χ3v) is 2.35. The predicted octanol–water partition coefficient (Wildman–Crippen LogP) is 4.41. The molecule has 0 aliphatic heterocycles. The van der Waals surface area contributed by atoms with Crippen LogP contribution in [-0.2, 0) is 0 Å². The first kappa shape index (κ1) is 12.3. The molecule has 84 valence electrons. The van der Waals surface area contributed by atoms with Crippen LogP contribution in [0.5, 0.6) is 5.75 Å². The third kappa shape index (κ3) is 3.77. The fourth-order valence-electron chi connectivity index (χ4n) is 1.25. The monoisotopic (exact) mass is 214 g/mol. The lowest BCUT2D eigenvalue weighted by molar-refractivity contribution is 0.476. The van der Waals surface area contributed by atoms with E-state index in [1.165, 1.54) is 5.56 Å². The number of allylic oxidation sites excluding steroid dienone is 4. The van der Waals surface area contributed by atoms with Gasteiger partial charge in [-0.15, -0.1) is 0 Å². The lowest BCUT2D eigenvalue weighted by Gasteiger charge is -2.04. The average molecular weight is 214 g/mol. The minimum atomic E-state index is 0.866. The van der Waals surface area contributed by atoms with Gasteiger partial charge in [0, 0.05) is 0 Å². The second-order valence-electron chi connectivity index (χ2n) is 3.82. The van der Waals surface area contributed by atoms with Crippen LogP contribution in [0.15, 0.2) is 60.4 Å². The van der Waals surface area contributed by atoms with Gasteiger partial charge < -0.3 is 4.74 Å². The highest BCUT2D eigenvalue weighted by atomic mass is 16.5. The van der Waals surface area contributed by atoms with Crippen LogP contribution in [0, 0.1) is 6.92 Å². The zero-order valence-electron chi connectivity index (χ0n) is 10.2. The summed E-state index contributed by atoms with van der Waals surface area (Å²) in [4.78, 5) is 0. The Kier molecular flexibility index (Phi) is 4.59. The van der Waals surface area contributed by atoms with E-state index in [2.05, 4.69) is 6.58 Å². The van der Waals surface area contributed by atoms with Crippen LogP contribution in [0.25, 0.3) is 0 Å². The summed E-state index contributed by atoms with van der Waals surface area (Å²) < 4.78 is 5.58. The van der Waals surface area contributed by atoms with Gasteiger partial charge in [-0.1, -0.05) is 30.9 Å². The predicted molar refractivity (Wildman–Crippen MR) is 69.5 cm³/mol. The highest BCUT2D eigenvalue weighted by Crippen LogP contribution is 2.15. The van der Waals surface area contributed by atoms with E-state index in [4.69, 9.17) is 4.74 Å². The smallest absolute Gasteiger partial charge is 0.126 e. The van der Waals surface area contributed by atoms with E-state index in [-0.39, 0.29) is 0 Å². The second-order valence-corrected chi connectivity index (χ2v) is 3.82. The molecule has 0 unspecified atom stereocenters. The van der Waals surface area contributed by atoms with E-state index in [0.29, 0.717) is 0 Å². The number of hydrogen-bond acceptors (Lipinski definition) is 1. The molecule has 0 atom stereocenters. The highest BCUT2D eigenvalue weighted by Gasteiger charge is 1.94. The largest absolute Gasteiger partial charge is 0.465 e. The van der Waals surface area contributed by atoms with E-state index in [1.54, 1.807) is 12.3 Å². The lowest BCUT2D eigenvalue weighted by atomic mass is 10.1. The molecule has 0 aliphatic carbocycles. The first-order valence-corrected chi connectivity index (χ1v) is 5.33. The summed E-state index contributed by atoms with van der Waals surface area (Å²) in [5.41, 5.74) is 3.45. The fourth-order valence-corrected chi connectivity index (χ4v) is 1.25.